The van der Waals surface area contributed by atoms with Gasteiger partial charge < -0.3 is 19.4 Å². The molecule has 25 heavy (non-hydrogen) atoms. The third-order valence-electron chi connectivity index (χ3n) is 3.74. The second-order valence-electron chi connectivity index (χ2n) is 5.52. The van der Waals surface area contributed by atoms with E-state index < -0.39 is 0 Å². The number of anilines is 1. The summed E-state index contributed by atoms with van der Waals surface area (Å²) < 4.78 is 12.2. The number of ether oxygens (including phenoxy) is 2. The Labute approximate surface area is 144 Å². The molecule has 0 fully saturated rings. The fourth-order valence-corrected chi connectivity index (χ4v) is 2.69. The molecule has 0 aliphatic rings. The van der Waals surface area contributed by atoms with Crippen molar-refractivity contribution in [3.63, 3.8) is 0 Å². The molecule has 8 heteroatoms. The number of carbonyl (C=O) groups is 1. The summed E-state index contributed by atoms with van der Waals surface area (Å²) in [7, 11) is 3.11. The first-order valence-corrected chi connectivity index (χ1v) is 7.69. The molecule has 3 aromatic rings. The summed E-state index contributed by atoms with van der Waals surface area (Å²) >= 11 is 0. The van der Waals surface area contributed by atoms with Gasteiger partial charge in [0.2, 0.25) is 5.91 Å². The van der Waals surface area contributed by atoms with E-state index in [0.29, 0.717) is 28.7 Å². The molecule has 0 saturated heterocycles. The Morgan fingerprint density at radius 3 is 2.64 bits per heavy atom. The number of amides is 1. The zero-order chi connectivity index (χ0) is 18.0. The first-order chi connectivity index (χ1) is 12.0. The van der Waals surface area contributed by atoms with Gasteiger partial charge in [-0.15, -0.1) is 0 Å². The number of methoxy groups -OCH3 is 2. The Morgan fingerprint density at radius 1 is 1.16 bits per heavy atom. The monoisotopic (exact) mass is 341 g/mol. The minimum Gasteiger partial charge on any atom is -0.493 e. The van der Waals surface area contributed by atoms with Crippen LogP contribution < -0.4 is 14.8 Å². The van der Waals surface area contributed by atoms with Gasteiger partial charge in [-0.05, 0) is 26.0 Å². The first kappa shape index (κ1) is 16.7. The lowest BCUT2D eigenvalue weighted by atomic mass is 10.2. The number of imidazole rings is 1. The number of aromatic nitrogens is 4. The Balaban J connectivity index is 1.79. The summed E-state index contributed by atoms with van der Waals surface area (Å²) in [6.07, 6.45) is 1.60. The van der Waals surface area contributed by atoms with Gasteiger partial charge in [-0.3, -0.25) is 4.79 Å². The van der Waals surface area contributed by atoms with Crippen molar-refractivity contribution in [2.45, 2.75) is 20.4 Å². The zero-order valence-corrected chi connectivity index (χ0v) is 14.5. The molecule has 0 unspecified atom stereocenters. The van der Waals surface area contributed by atoms with Crippen molar-refractivity contribution in [2.24, 2.45) is 0 Å². The number of benzene rings is 1. The van der Waals surface area contributed by atoms with Gasteiger partial charge >= 0.3 is 0 Å². The van der Waals surface area contributed by atoms with Crippen molar-refractivity contribution >= 4 is 22.8 Å². The maximum Gasteiger partial charge on any atom is 0.244 e. The fraction of sp³-hybridized carbons (Fsp3) is 0.294. The molecule has 0 bridgehead atoms. The number of nitrogens with one attached hydrogen (secondary N) is 1. The Hall–Kier alpha value is -3.16. The van der Waals surface area contributed by atoms with Crippen LogP contribution in [0.4, 0.5) is 5.69 Å². The van der Waals surface area contributed by atoms with Crippen LogP contribution in [0.1, 0.15) is 11.5 Å². The molecule has 1 N–H and O–H groups in total. The Bertz CT molecular complexity index is 935. The summed E-state index contributed by atoms with van der Waals surface area (Å²) in [5.41, 5.74) is 2.76. The van der Waals surface area contributed by atoms with E-state index in [-0.39, 0.29) is 12.5 Å². The molecule has 3 rings (SSSR count). The lowest BCUT2D eigenvalue weighted by Gasteiger charge is -2.11. The van der Waals surface area contributed by atoms with Crippen molar-refractivity contribution < 1.29 is 14.3 Å². The second kappa shape index (κ2) is 6.76. The van der Waals surface area contributed by atoms with Gasteiger partial charge in [0.25, 0.3) is 0 Å². The van der Waals surface area contributed by atoms with Crippen molar-refractivity contribution in [3.05, 3.63) is 36.0 Å². The first-order valence-electron chi connectivity index (χ1n) is 7.69. The molecule has 2 aromatic heterocycles. The van der Waals surface area contributed by atoms with Crippen molar-refractivity contribution in [2.75, 3.05) is 19.5 Å². The minimum atomic E-state index is -0.188. The van der Waals surface area contributed by atoms with Gasteiger partial charge in [0.15, 0.2) is 17.1 Å². The second-order valence-corrected chi connectivity index (χ2v) is 5.52. The maximum atomic E-state index is 12.4. The lowest BCUT2D eigenvalue weighted by Crippen LogP contribution is -2.18. The summed E-state index contributed by atoms with van der Waals surface area (Å²) in [6.45, 7) is 3.80. The summed E-state index contributed by atoms with van der Waals surface area (Å²) in [4.78, 5) is 25.2. The maximum absolute atomic E-state index is 12.4. The average molecular weight is 341 g/mol. The van der Waals surface area contributed by atoms with E-state index in [1.54, 1.807) is 43.3 Å². The van der Waals surface area contributed by atoms with Crippen LogP contribution in [-0.2, 0) is 11.3 Å². The molecule has 1 aromatic carbocycles. The normalized spacial score (nSPS) is 10.7. The van der Waals surface area contributed by atoms with Crippen molar-refractivity contribution in [1.82, 2.24) is 19.5 Å². The standard InChI is InChI=1S/C17H19N5O3/c1-10-16-17(20-11(2)19-10)18-9-22(16)8-15(23)21-12-5-6-13(24-3)14(7-12)25-4/h5-7,9H,8H2,1-4H3,(H,21,23). The fourth-order valence-electron chi connectivity index (χ4n) is 2.69. The SMILES string of the molecule is COc1ccc(NC(=O)Cn2cnc3nc(C)nc(C)c32)cc1OC. The van der Waals surface area contributed by atoms with Crippen LogP contribution >= 0.6 is 0 Å². The number of fused-ring (bicyclic) bond motifs is 1. The number of carbonyl (C=O) groups excluding carboxylic acids is 1. The minimum absolute atomic E-state index is 0.109. The predicted molar refractivity (Wildman–Crippen MR) is 93.0 cm³/mol. The summed E-state index contributed by atoms with van der Waals surface area (Å²) in [5, 5.41) is 2.84. The van der Waals surface area contributed by atoms with E-state index >= 15 is 0 Å². The zero-order valence-electron chi connectivity index (χ0n) is 14.5. The van der Waals surface area contributed by atoms with Crippen LogP contribution in [0.2, 0.25) is 0 Å². The molecule has 0 aliphatic heterocycles. The molecule has 130 valence electrons. The van der Waals surface area contributed by atoms with Crippen LogP contribution in [0.3, 0.4) is 0 Å². The number of hydrogen-bond donors (Lipinski definition) is 1. The number of rotatable bonds is 5. The highest BCUT2D eigenvalue weighted by molar-refractivity contribution is 5.91. The number of aryl methyl sites for hydroxylation is 2. The van der Waals surface area contributed by atoms with Crippen LogP contribution in [-0.4, -0.2) is 39.6 Å². The van der Waals surface area contributed by atoms with E-state index in [1.165, 1.54) is 0 Å². The molecule has 0 radical (unpaired) electrons. The Morgan fingerprint density at radius 2 is 1.92 bits per heavy atom. The van der Waals surface area contributed by atoms with E-state index in [9.17, 15) is 4.79 Å². The molecule has 8 nitrogen and oxygen atoms in total. The highest BCUT2D eigenvalue weighted by atomic mass is 16.5. The van der Waals surface area contributed by atoms with Crippen LogP contribution in [0.25, 0.3) is 11.2 Å². The van der Waals surface area contributed by atoms with Gasteiger partial charge in [-0.2, -0.15) is 0 Å². The van der Waals surface area contributed by atoms with Crippen LogP contribution in [0.15, 0.2) is 24.5 Å². The van der Waals surface area contributed by atoms with E-state index in [1.807, 2.05) is 13.8 Å². The largest absolute Gasteiger partial charge is 0.493 e. The number of hydrogen-bond acceptors (Lipinski definition) is 6. The van der Waals surface area contributed by atoms with Gasteiger partial charge in [0.05, 0.1) is 26.2 Å². The highest BCUT2D eigenvalue weighted by Gasteiger charge is 2.13. The quantitative estimate of drug-likeness (QED) is 0.764. The van der Waals surface area contributed by atoms with Gasteiger partial charge in [-0.1, -0.05) is 0 Å². The van der Waals surface area contributed by atoms with Crippen LogP contribution in [0, 0.1) is 13.8 Å². The molecule has 2 heterocycles. The smallest absolute Gasteiger partial charge is 0.244 e. The number of nitrogens with zero attached hydrogens (tertiary/aromatic N) is 4. The van der Waals surface area contributed by atoms with Gasteiger partial charge in [0, 0.05) is 11.8 Å². The van der Waals surface area contributed by atoms with Gasteiger partial charge in [-0.25, -0.2) is 15.0 Å². The Kier molecular flexibility index (Phi) is 4.51. The lowest BCUT2D eigenvalue weighted by molar-refractivity contribution is -0.116. The summed E-state index contributed by atoms with van der Waals surface area (Å²) in [6, 6.07) is 5.20. The molecule has 0 atom stereocenters. The van der Waals surface area contributed by atoms with Crippen LogP contribution in [0.5, 0.6) is 11.5 Å². The summed E-state index contributed by atoms with van der Waals surface area (Å²) in [5.74, 6) is 1.62. The van der Waals surface area contributed by atoms with E-state index in [2.05, 4.69) is 20.3 Å². The van der Waals surface area contributed by atoms with Crippen molar-refractivity contribution in [3.8, 4) is 11.5 Å². The third kappa shape index (κ3) is 3.37. The molecule has 0 spiro atoms. The van der Waals surface area contributed by atoms with E-state index in [4.69, 9.17) is 9.47 Å². The predicted octanol–water partition coefficient (Wildman–Crippen LogP) is 2.10. The van der Waals surface area contributed by atoms with Crippen molar-refractivity contribution in [1.29, 1.82) is 0 Å². The third-order valence-corrected chi connectivity index (χ3v) is 3.74. The molecule has 0 aliphatic carbocycles. The highest BCUT2D eigenvalue weighted by Crippen LogP contribution is 2.29. The molecule has 1 amide bonds. The molecular formula is C17H19N5O3. The van der Waals surface area contributed by atoms with Gasteiger partial charge in [0.1, 0.15) is 17.9 Å². The molecular weight excluding hydrogens is 322 g/mol. The topological polar surface area (TPSA) is 91.2 Å². The van der Waals surface area contributed by atoms with E-state index in [0.717, 1.165) is 11.2 Å². The molecule has 0 saturated carbocycles. The average Bonchev–Trinajstić information content (AvgIpc) is 2.97.